The van der Waals surface area contributed by atoms with E-state index in [0.29, 0.717) is 11.3 Å². The number of hydrogen-bond donors (Lipinski definition) is 1. The Balaban J connectivity index is 1.89. The van der Waals surface area contributed by atoms with Crippen LogP contribution in [-0.2, 0) is 14.3 Å². The lowest BCUT2D eigenvalue weighted by Crippen LogP contribution is -2.29. The minimum atomic E-state index is -0.996. The first-order valence-electron chi connectivity index (χ1n) is 10.1. The van der Waals surface area contributed by atoms with Crippen LogP contribution in [0.3, 0.4) is 0 Å². The molecule has 0 bridgehead atoms. The predicted molar refractivity (Wildman–Crippen MR) is 122 cm³/mol. The van der Waals surface area contributed by atoms with Gasteiger partial charge in [0.05, 0.1) is 29.2 Å². The largest absolute Gasteiger partial charge is 0.507 e. The Morgan fingerprint density at radius 1 is 0.971 bits per heavy atom. The fourth-order valence-electron chi connectivity index (χ4n) is 3.85. The number of nitrogens with zero attached hydrogens (tertiary/aromatic N) is 2. The minimum absolute atomic E-state index is 0.0363. The molecule has 170 valence electrons. The highest BCUT2D eigenvalue weighted by molar-refractivity contribution is 6.51. The van der Waals surface area contributed by atoms with E-state index in [1.54, 1.807) is 30.3 Å². The number of carbonyl (C=O) groups excluding carboxylic acids is 3. The van der Waals surface area contributed by atoms with Crippen LogP contribution in [0, 0.1) is 10.1 Å². The van der Waals surface area contributed by atoms with Crippen molar-refractivity contribution < 1.29 is 29.2 Å². The van der Waals surface area contributed by atoms with Gasteiger partial charge in [0.25, 0.3) is 17.4 Å². The van der Waals surface area contributed by atoms with Gasteiger partial charge >= 0.3 is 5.97 Å². The molecule has 1 aliphatic rings. The van der Waals surface area contributed by atoms with Gasteiger partial charge in [-0.15, -0.1) is 0 Å². The lowest BCUT2D eigenvalue weighted by atomic mass is 9.95. The van der Waals surface area contributed by atoms with Crippen molar-refractivity contribution in [2.75, 3.05) is 12.0 Å². The Hall–Kier alpha value is -4.79. The van der Waals surface area contributed by atoms with E-state index in [4.69, 9.17) is 4.74 Å². The van der Waals surface area contributed by atoms with Gasteiger partial charge in [-0.1, -0.05) is 42.5 Å². The predicted octanol–water partition coefficient (Wildman–Crippen LogP) is 4.01. The molecule has 1 fully saturated rings. The molecule has 1 unspecified atom stereocenters. The number of nitro benzene ring substituents is 1. The number of rotatable bonds is 5. The van der Waals surface area contributed by atoms with Gasteiger partial charge in [0, 0.05) is 23.4 Å². The summed E-state index contributed by atoms with van der Waals surface area (Å²) in [5, 5.41) is 22.2. The molecule has 1 heterocycles. The van der Waals surface area contributed by atoms with E-state index in [2.05, 4.69) is 0 Å². The van der Waals surface area contributed by atoms with Crippen molar-refractivity contribution in [1.82, 2.24) is 0 Å². The number of carbonyl (C=O) groups is 3. The highest BCUT2D eigenvalue weighted by atomic mass is 16.6. The van der Waals surface area contributed by atoms with E-state index >= 15 is 0 Å². The number of nitro groups is 1. The number of hydrogen-bond acceptors (Lipinski definition) is 7. The van der Waals surface area contributed by atoms with Crippen LogP contribution in [0.25, 0.3) is 5.76 Å². The maximum absolute atomic E-state index is 13.1. The molecule has 0 aromatic heterocycles. The third-order valence-corrected chi connectivity index (χ3v) is 5.46. The summed E-state index contributed by atoms with van der Waals surface area (Å²) in [5.41, 5.74) is 0.693. The normalized spacial score (nSPS) is 17.0. The molecule has 4 rings (SSSR count). The Morgan fingerprint density at radius 2 is 1.65 bits per heavy atom. The number of methoxy groups -OCH3 is 1. The summed E-state index contributed by atoms with van der Waals surface area (Å²) in [6.07, 6.45) is 0. The number of Topliss-reactive ketones (excluding diaryl/α,β-unsaturated/α-hetero) is 1. The van der Waals surface area contributed by atoms with Crippen molar-refractivity contribution in [3.63, 3.8) is 0 Å². The zero-order chi connectivity index (χ0) is 24.4. The SMILES string of the molecule is COC(=O)c1ccc(N2C(=O)C(=O)/C(=C(\O)c3cccc([N+](=O)[O-])c3)C2c2ccccc2)cc1. The molecule has 1 atom stereocenters. The Morgan fingerprint density at radius 3 is 2.26 bits per heavy atom. The molecular weight excluding hydrogens is 440 g/mol. The van der Waals surface area contributed by atoms with E-state index < -0.39 is 34.4 Å². The second-order valence-electron chi connectivity index (χ2n) is 7.43. The highest BCUT2D eigenvalue weighted by Gasteiger charge is 2.47. The molecule has 9 heteroatoms. The number of aliphatic hydroxyl groups excluding tert-OH is 1. The third kappa shape index (κ3) is 3.90. The zero-order valence-electron chi connectivity index (χ0n) is 17.9. The van der Waals surface area contributed by atoms with Gasteiger partial charge in [-0.05, 0) is 29.8 Å². The quantitative estimate of drug-likeness (QED) is 0.153. The molecule has 1 aliphatic heterocycles. The number of ketones is 1. The van der Waals surface area contributed by atoms with Crippen molar-refractivity contribution >= 4 is 34.8 Å². The maximum atomic E-state index is 13.1. The zero-order valence-corrected chi connectivity index (χ0v) is 17.9. The van der Waals surface area contributed by atoms with E-state index in [-0.39, 0.29) is 22.4 Å². The average Bonchev–Trinajstić information content (AvgIpc) is 3.14. The molecule has 1 amide bonds. The summed E-state index contributed by atoms with van der Waals surface area (Å²) in [4.78, 5) is 49.8. The molecular formula is C25H18N2O7. The monoisotopic (exact) mass is 458 g/mol. The molecule has 1 saturated heterocycles. The lowest BCUT2D eigenvalue weighted by molar-refractivity contribution is -0.384. The summed E-state index contributed by atoms with van der Waals surface area (Å²) < 4.78 is 4.69. The lowest BCUT2D eigenvalue weighted by Gasteiger charge is -2.25. The molecule has 0 radical (unpaired) electrons. The van der Waals surface area contributed by atoms with Crippen molar-refractivity contribution in [2.45, 2.75) is 6.04 Å². The molecule has 3 aromatic carbocycles. The fourth-order valence-corrected chi connectivity index (χ4v) is 3.85. The van der Waals surface area contributed by atoms with Crippen LogP contribution in [0.2, 0.25) is 0 Å². The summed E-state index contributed by atoms with van der Waals surface area (Å²) in [5.74, 6) is -2.90. The molecule has 3 aromatic rings. The number of anilines is 1. The molecule has 1 N–H and O–H groups in total. The first-order valence-corrected chi connectivity index (χ1v) is 10.1. The van der Waals surface area contributed by atoms with E-state index in [1.165, 1.54) is 54.5 Å². The van der Waals surface area contributed by atoms with Gasteiger partial charge in [-0.2, -0.15) is 0 Å². The average molecular weight is 458 g/mol. The third-order valence-electron chi connectivity index (χ3n) is 5.46. The number of benzene rings is 3. The van der Waals surface area contributed by atoms with Gasteiger partial charge in [-0.25, -0.2) is 4.79 Å². The van der Waals surface area contributed by atoms with Crippen LogP contribution in [0.1, 0.15) is 27.5 Å². The van der Waals surface area contributed by atoms with Crippen molar-refractivity contribution in [3.8, 4) is 0 Å². The topological polar surface area (TPSA) is 127 Å². The van der Waals surface area contributed by atoms with E-state index in [1.807, 2.05) is 0 Å². The summed E-state index contributed by atoms with van der Waals surface area (Å²) in [7, 11) is 1.25. The van der Waals surface area contributed by atoms with E-state index in [0.717, 1.165) is 6.07 Å². The first kappa shape index (κ1) is 22.4. The number of esters is 1. The maximum Gasteiger partial charge on any atom is 0.337 e. The van der Waals surface area contributed by atoms with Gasteiger partial charge in [0.2, 0.25) is 0 Å². The van der Waals surface area contributed by atoms with Crippen molar-refractivity contribution in [3.05, 3.63) is 111 Å². The van der Waals surface area contributed by atoms with Gasteiger partial charge in [-0.3, -0.25) is 24.6 Å². The molecule has 0 aliphatic carbocycles. The molecule has 34 heavy (non-hydrogen) atoms. The van der Waals surface area contributed by atoms with Crippen LogP contribution in [0.4, 0.5) is 11.4 Å². The fraction of sp³-hybridized carbons (Fsp3) is 0.0800. The Labute approximate surface area is 193 Å². The molecule has 0 saturated carbocycles. The second kappa shape index (κ2) is 8.99. The smallest absolute Gasteiger partial charge is 0.337 e. The summed E-state index contributed by atoms with van der Waals surface area (Å²) in [6.45, 7) is 0. The van der Waals surface area contributed by atoms with Crippen LogP contribution in [0.15, 0.2) is 84.4 Å². The minimum Gasteiger partial charge on any atom is -0.507 e. The first-order chi connectivity index (χ1) is 16.3. The van der Waals surface area contributed by atoms with Crippen LogP contribution in [-0.4, -0.2) is 34.8 Å². The van der Waals surface area contributed by atoms with Crippen LogP contribution >= 0.6 is 0 Å². The number of amides is 1. The van der Waals surface area contributed by atoms with Crippen LogP contribution < -0.4 is 4.90 Å². The van der Waals surface area contributed by atoms with Crippen molar-refractivity contribution in [2.24, 2.45) is 0 Å². The summed E-state index contributed by atoms with van der Waals surface area (Å²) >= 11 is 0. The number of non-ortho nitro benzene ring substituents is 1. The second-order valence-corrected chi connectivity index (χ2v) is 7.43. The number of aliphatic hydroxyl groups is 1. The van der Waals surface area contributed by atoms with Gasteiger partial charge in [0.1, 0.15) is 5.76 Å². The van der Waals surface area contributed by atoms with Crippen molar-refractivity contribution in [1.29, 1.82) is 0 Å². The summed E-state index contributed by atoms with van der Waals surface area (Å²) in [6, 6.07) is 18.7. The highest BCUT2D eigenvalue weighted by Crippen LogP contribution is 2.42. The Bertz CT molecular complexity index is 1330. The van der Waals surface area contributed by atoms with Gasteiger partial charge < -0.3 is 9.84 Å². The van der Waals surface area contributed by atoms with Crippen LogP contribution in [0.5, 0.6) is 0 Å². The molecule has 9 nitrogen and oxygen atoms in total. The van der Waals surface area contributed by atoms with Gasteiger partial charge in [0.15, 0.2) is 0 Å². The molecule has 0 spiro atoms. The van der Waals surface area contributed by atoms with E-state index in [9.17, 15) is 29.6 Å². The number of ether oxygens (including phenoxy) is 1. The Kier molecular flexibility index (Phi) is 5.92. The standard InChI is InChI=1S/C25H18N2O7/c1-34-25(31)16-10-12-18(13-11-16)26-21(15-6-3-2-4-7-15)20(23(29)24(26)30)22(28)17-8-5-9-19(14-17)27(32)33/h2-14,21,28H,1H3/b22-20-.